The number of halogens is 2. The normalized spacial score (nSPS) is 10.4. The summed E-state index contributed by atoms with van der Waals surface area (Å²) in [5, 5.41) is 3.69. The van der Waals surface area contributed by atoms with E-state index in [2.05, 4.69) is 31.2 Å². The first kappa shape index (κ1) is 12.3. The van der Waals surface area contributed by atoms with E-state index < -0.39 is 0 Å². The lowest BCUT2D eigenvalue weighted by molar-refractivity contribution is 1.13. The molecule has 0 aliphatic carbocycles. The standard InChI is InChI=1S/C12H11BrClN3/c1-7-5-9(3-4-10(7)13)17-12-8(2)11(14)15-6-16-12/h3-6H,1-2H3,(H,15,16,17). The summed E-state index contributed by atoms with van der Waals surface area (Å²) in [5.41, 5.74) is 2.98. The number of benzene rings is 1. The van der Waals surface area contributed by atoms with Crippen LogP contribution >= 0.6 is 27.5 Å². The van der Waals surface area contributed by atoms with E-state index in [1.165, 1.54) is 6.33 Å². The van der Waals surface area contributed by atoms with Crippen LogP contribution in [0.1, 0.15) is 11.1 Å². The molecule has 5 heteroatoms. The van der Waals surface area contributed by atoms with Crippen molar-refractivity contribution in [2.75, 3.05) is 5.32 Å². The predicted molar refractivity (Wildman–Crippen MR) is 73.9 cm³/mol. The molecule has 0 aliphatic heterocycles. The average molecular weight is 313 g/mol. The zero-order valence-electron chi connectivity index (χ0n) is 9.46. The summed E-state index contributed by atoms with van der Waals surface area (Å²) in [6.07, 6.45) is 1.45. The topological polar surface area (TPSA) is 37.8 Å². The third kappa shape index (κ3) is 2.76. The number of hydrogen-bond donors (Lipinski definition) is 1. The second kappa shape index (κ2) is 5.02. The van der Waals surface area contributed by atoms with Gasteiger partial charge in [0, 0.05) is 15.7 Å². The van der Waals surface area contributed by atoms with Gasteiger partial charge < -0.3 is 5.32 Å². The van der Waals surface area contributed by atoms with E-state index in [0.717, 1.165) is 27.1 Å². The van der Waals surface area contributed by atoms with Crippen molar-refractivity contribution in [1.82, 2.24) is 9.97 Å². The quantitative estimate of drug-likeness (QED) is 0.842. The molecule has 0 fully saturated rings. The Hall–Kier alpha value is -1.13. The number of rotatable bonds is 2. The maximum absolute atomic E-state index is 5.94. The first-order valence-corrected chi connectivity index (χ1v) is 6.25. The van der Waals surface area contributed by atoms with Gasteiger partial charge in [0.25, 0.3) is 0 Å². The van der Waals surface area contributed by atoms with Crippen molar-refractivity contribution >= 4 is 39.0 Å². The number of aryl methyl sites for hydroxylation is 1. The highest BCUT2D eigenvalue weighted by molar-refractivity contribution is 9.10. The summed E-state index contributed by atoms with van der Waals surface area (Å²) in [6, 6.07) is 6.02. The van der Waals surface area contributed by atoms with Crippen molar-refractivity contribution in [3.63, 3.8) is 0 Å². The Balaban J connectivity index is 2.31. The third-order valence-electron chi connectivity index (χ3n) is 2.44. The Morgan fingerprint density at radius 2 is 2.00 bits per heavy atom. The van der Waals surface area contributed by atoms with Crippen LogP contribution in [0.25, 0.3) is 0 Å². The molecule has 3 nitrogen and oxygen atoms in total. The maximum Gasteiger partial charge on any atom is 0.138 e. The lowest BCUT2D eigenvalue weighted by Gasteiger charge is -2.09. The number of nitrogens with zero attached hydrogens (tertiary/aromatic N) is 2. The van der Waals surface area contributed by atoms with Crippen LogP contribution in [0.5, 0.6) is 0 Å². The Morgan fingerprint density at radius 1 is 1.24 bits per heavy atom. The zero-order chi connectivity index (χ0) is 12.4. The highest BCUT2D eigenvalue weighted by Gasteiger charge is 2.05. The fourth-order valence-corrected chi connectivity index (χ4v) is 1.79. The van der Waals surface area contributed by atoms with Crippen LogP contribution in [-0.2, 0) is 0 Å². The summed E-state index contributed by atoms with van der Waals surface area (Å²) >= 11 is 9.40. The first-order valence-electron chi connectivity index (χ1n) is 5.08. The van der Waals surface area contributed by atoms with Gasteiger partial charge in [0.1, 0.15) is 17.3 Å². The largest absolute Gasteiger partial charge is 0.340 e. The van der Waals surface area contributed by atoms with E-state index >= 15 is 0 Å². The van der Waals surface area contributed by atoms with Gasteiger partial charge in [-0.15, -0.1) is 0 Å². The summed E-state index contributed by atoms with van der Waals surface area (Å²) < 4.78 is 1.08. The number of aromatic nitrogens is 2. The van der Waals surface area contributed by atoms with Gasteiger partial charge in [0.15, 0.2) is 0 Å². The molecule has 0 aliphatic rings. The molecule has 1 heterocycles. The second-order valence-corrected chi connectivity index (χ2v) is 4.94. The highest BCUT2D eigenvalue weighted by atomic mass is 79.9. The van der Waals surface area contributed by atoms with E-state index in [-0.39, 0.29) is 0 Å². The molecule has 1 aromatic heterocycles. The van der Waals surface area contributed by atoms with Crippen LogP contribution in [0.2, 0.25) is 5.15 Å². The van der Waals surface area contributed by atoms with Crippen LogP contribution in [-0.4, -0.2) is 9.97 Å². The molecule has 0 bridgehead atoms. The minimum Gasteiger partial charge on any atom is -0.340 e. The molecule has 1 N–H and O–H groups in total. The lowest BCUT2D eigenvalue weighted by atomic mass is 10.2. The van der Waals surface area contributed by atoms with E-state index in [9.17, 15) is 0 Å². The van der Waals surface area contributed by atoms with Crippen molar-refractivity contribution in [3.8, 4) is 0 Å². The van der Waals surface area contributed by atoms with Gasteiger partial charge in [-0.2, -0.15) is 0 Å². The van der Waals surface area contributed by atoms with Gasteiger partial charge in [-0.05, 0) is 37.6 Å². The molecular formula is C12H11BrClN3. The number of anilines is 2. The minimum absolute atomic E-state index is 0.469. The van der Waals surface area contributed by atoms with Crippen LogP contribution in [0.4, 0.5) is 11.5 Å². The molecule has 2 aromatic rings. The average Bonchev–Trinajstić information content (AvgIpc) is 2.30. The Morgan fingerprint density at radius 3 is 2.71 bits per heavy atom. The van der Waals surface area contributed by atoms with Gasteiger partial charge >= 0.3 is 0 Å². The van der Waals surface area contributed by atoms with Crippen molar-refractivity contribution < 1.29 is 0 Å². The van der Waals surface area contributed by atoms with E-state index in [1.54, 1.807) is 0 Å². The third-order valence-corrected chi connectivity index (χ3v) is 3.71. The number of nitrogens with one attached hydrogen (secondary N) is 1. The molecule has 0 unspecified atom stereocenters. The lowest BCUT2D eigenvalue weighted by Crippen LogP contribution is -1.98. The molecular weight excluding hydrogens is 302 g/mol. The zero-order valence-corrected chi connectivity index (χ0v) is 11.8. The summed E-state index contributed by atoms with van der Waals surface area (Å²) in [5.74, 6) is 0.728. The van der Waals surface area contributed by atoms with E-state index in [0.29, 0.717) is 5.15 Å². The summed E-state index contributed by atoms with van der Waals surface area (Å²) in [6.45, 7) is 3.92. The SMILES string of the molecule is Cc1cc(Nc2ncnc(Cl)c2C)ccc1Br. The van der Waals surface area contributed by atoms with Crippen molar-refractivity contribution in [2.45, 2.75) is 13.8 Å². The van der Waals surface area contributed by atoms with Crippen LogP contribution in [0.15, 0.2) is 29.0 Å². The summed E-state index contributed by atoms with van der Waals surface area (Å²) in [4.78, 5) is 8.09. The Kier molecular flexibility index (Phi) is 3.64. The van der Waals surface area contributed by atoms with Gasteiger partial charge in [0.05, 0.1) is 0 Å². The van der Waals surface area contributed by atoms with Gasteiger partial charge in [0.2, 0.25) is 0 Å². The minimum atomic E-state index is 0.469. The Bertz CT molecular complexity index is 557. The molecule has 0 saturated heterocycles. The van der Waals surface area contributed by atoms with Gasteiger partial charge in [-0.25, -0.2) is 9.97 Å². The molecule has 1 aromatic carbocycles. The molecule has 0 saturated carbocycles. The van der Waals surface area contributed by atoms with Crippen LogP contribution < -0.4 is 5.32 Å². The monoisotopic (exact) mass is 311 g/mol. The van der Waals surface area contributed by atoms with Crippen LogP contribution in [0, 0.1) is 13.8 Å². The van der Waals surface area contributed by atoms with Crippen LogP contribution in [0.3, 0.4) is 0 Å². The molecule has 0 amide bonds. The van der Waals surface area contributed by atoms with E-state index in [4.69, 9.17) is 11.6 Å². The fourth-order valence-electron chi connectivity index (χ4n) is 1.41. The molecule has 0 radical (unpaired) electrons. The first-order chi connectivity index (χ1) is 8.08. The van der Waals surface area contributed by atoms with Crippen molar-refractivity contribution in [2.24, 2.45) is 0 Å². The molecule has 0 atom stereocenters. The molecule has 17 heavy (non-hydrogen) atoms. The molecule has 0 spiro atoms. The Labute approximate surface area is 113 Å². The van der Waals surface area contributed by atoms with Crippen molar-refractivity contribution in [3.05, 3.63) is 45.3 Å². The molecule has 2 rings (SSSR count). The smallest absolute Gasteiger partial charge is 0.138 e. The van der Waals surface area contributed by atoms with Gasteiger partial charge in [-0.1, -0.05) is 27.5 Å². The highest BCUT2D eigenvalue weighted by Crippen LogP contribution is 2.25. The fraction of sp³-hybridized carbons (Fsp3) is 0.167. The number of hydrogen-bond acceptors (Lipinski definition) is 3. The van der Waals surface area contributed by atoms with Gasteiger partial charge in [-0.3, -0.25) is 0 Å². The molecule has 88 valence electrons. The summed E-state index contributed by atoms with van der Waals surface area (Å²) in [7, 11) is 0. The maximum atomic E-state index is 5.94. The second-order valence-electron chi connectivity index (χ2n) is 3.73. The predicted octanol–water partition coefficient (Wildman–Crippen LogP) is 4.25. The van der Waals surface area contributed by atoms with E-state index in [1.807, 2.05) is 32.0 Å². The van der Waals surface area contributed by atoms with Crippen molar-refractivity contribution in [1.29, 1.82) is 0 Å².